The number of carbonyl (C=O) groups is 2. The van der Waals surface area contributed by atoms with E-state index in [2.05, 4.69) is 75.2 Å². The van der Waals surface area contributed by atoms with Crippen molar-refractivity contribution in [3.05, 3.63) is 41.5 Å². The molecule has 0 aliphatic carbocycles. The van der Waals surface area contributed by atoms with Gasteiger partial charge in [-0.25, -0.2) is 4.79 Å². The lowest BCUT2D eigenvalue weighted by Crippen LogP contribution is -2.55. The molecule has 0 bridgehead atoms. The van der Waals surface area contributed by atoms with Crippen LogP contribution in [-0.2, 0) is 4.79 Å². The van der Waals surface area contributed by atoms with Crippen molar-refractivity contribution in [1.82, 2.24) is 15.1 Å². The number of amides is 3. The molecule has 3 amide bonds. The van der Waals surface area contributed by atoms with E-state index in [0.29, 0.717) is 18.4 Å². The molecule has 36 heavy (non-hydrogen) atoms. The van der Waals surface area contributed by atoms with Gasteiger partial charge in [-0.3, -0.25) is 4.79 Å². The van der Waals surface area contributed by atoms with Crippen LogP contribution in [0.2, 0.25) is 0 Å². The van der Waals surface area contributed by atoms with E-state index in [1.807, 2.05) is 9.80 Å². The molecular formula is C30H48N4O2. The van der Waals surface area contributed by atoms with Crippen molar-refractivity contribution in [3.8, 4) is 0 Å². The number of likely N-dealkylation sites (tertiary alicyclic amines) is 2. The minimum absolute atomic E-state index is 0.0712. The predicted octanol–water partition coefficient (Wildman–Crippen LogP) is 5.76. The van der Waals surface area contributed by atoms with Gasteiger partial charge in [-0.2, -0.15) is 0 Å². The summed E-state index contributed by atoms with van der Waals surface area (Å²) in [6.07, 6.45) is 9.29. The zero-order valence-corrected chi connectivity index (χ0v) is 23.3. The average Bonchev–Trinajstić information content (AvgIpc) is 3.14. The molecule has 3 rings (SSSR count). The summed E-state index contributed by atoms with van der Waals surface area (Å²) in [6.45, 7) is 14.6. The van der Waals surface area contributed by atoms with Crippen molar-refractivity contribution in [3.63, 3.8) is 0 Å². The highest BCUT2D eigenvalue weighted by Crippen LogP contribution is 2.25. The summed E-state index contributed by atoms with van der Waals surface area (Å²) >= 11 is 0. The van der Waals surface area contributed by atoms with Gasteiger partial charge in [-0.15, -0.1) is 0 Å². The van der Waals surface area contributed by atoms with Crippen LogP contribution in [-0.4, -0.2) is 66.5 Å². The van der Waals surface area contributed by atoms with Crippen LogP contribution < -0.4 is 10.2 Å². The second-order valence-corrected chi connectivity index (χ2v) is 11.4. The van der Waals surface area contributed by atoms with E-state index in [4.69, 9.17) is 0 Å². The summed E-state index contributed by atoms with van der Waals surface area (Å²) in [6, 6.07) is 8.64. The van der Waals surface area contributed by atoms with Crippen LogP contribution in [0.1, 0.15) is 78.2 Å². The molecular weight excluding hydrogens is 448 g/mol. The van der Waals surface area contributed by atoms with Crippen molar-refractivity contribution in [2.24, 2.45) is 5.92 Å². The summed E-state index contributed by atoms with van der Waals surface area (Å²) in [5, 5.41) is 3.12. The number of allylic oxidation sites excluding steroid dienone is 1. The smallest absolute Gasteiger partial charge is 0.318 e. The number of rotatable bonds is 8. The number of piperidine rings is 1. The Labute approximate surface area is 219 Å². The lowest BCUT2D eigenvalue weighted by molar-refractivity contribution is -0.134. The highest BCUT2D eigenvalue weighted by molar-refractivity contribution is 5.87. The van der Waals surface area contributed by atoms with Crippen LogP contribution in [0.15, 0.2) is 35.9 Å². The van der Waals surface area contributed by atoms with E-state index in [1.165, 1.54) is 29.7 Å². The van der Waals surface area contributed by atoms with Crippen LogP contribution >= 0.6 is 0 Å². The molecule has 0 spiro atoms. The lowest BCUT2D eigenvalue weighted by atomic mass is 9.98. The Hall–Kier alpha value is -2.50. The van der Waals surface area contributed by atoms with Crippen molar-refractivity contribution >= 4 is 17.6 Å². The fourth-order valence-electron chi connectivity index (χ4n) is 5.31. The number of benzene rings is 1. The zero-order chi connectivity index (χ0) is 26.1. The third-order valence-electron chi connectivity index (χ3n) is 7.47. The van der Waals surface area contributed by atoms with Crippen molar-refractivity contribution in [2.45, 2.75) is 91.6 Å². The number of hydrogen-bond acceptors (Lipinski definition) is 3. The summed E-state index contributed by atoms with van der Waals surface area (Å²) in [5.41, 5.74) is 3.82. The fraction of sp³-hybridized carbons (Fsp3) is 0.667. The maximum absolute atomic E-state index is 13.6. The van der Waals surface area contributed by atoms with Gasteiger partial charge in [0.1, 0.15) is 6.04 Å². The Balaban J connectivity index is 1.64. The molecule has 2 fully saturated rings. The number of urea groups is 1. The van der Waals surface area contributed by atoms with Gasteiger partial charge in [0.15, 0.2) is 0 Å². The van der Waals surface area contributed by atoms with Gasteiger partial charge in [0.2, 0.25) is 5.91 Å². The molecule has 1 aromatic rings. The predicted molar refractivity (Wildman–Crippen MR) is 149 cm³/mol. The minimum Gasteiger partial charge on any atom is -0.365 e. The van der Waals surface area contributed by atoms with Gasteiger partial charge in [0.05, 0.1) is 0 Å². The van der Waals surface area contributed by atoms with Gasteiger partial charge < -0.3 is 20.0 Å². The molecule has 2 aliphatic rings. The summed E-state index contributed by atoms with van der Waals surface area (Å²) < 4.78 is 0. The fourth-order valence-corrected chi connectivity index (χ4v) is 5.31. The van der Waals surface area contributed by atoms with E-state index < -0.39 is 6.04 Å². The molecule has 0 saturated carbocycles. The number of hydrogen-bond donors (Lipinski definition) is 1. The molecule has 2 saturated heterocycles. The topological polar surface area (TPSA) is 55.9 Å². The van der Waals surface area contributed by atoms with Crippen LogP contribution in [0.25, 0.3) is 0 Å². The van der Waals surface area contributed by atoms with Gasteiger partial charge in [0.25, 0.3) is 0 Å². The van der Waals surface area contributed by atoms with E-state index in [0.717, 1.165) is 58.4 Å². The second kappa shape index (κ2) is 13.7. The Bertz CT molecular complexity index is 859. The quantitative estimate of drug-likeness (QED) is 0.466. The number of aryl methyl sites for hydroxylation is 1. The maximum Gasteiger partial charge on any atom is 0.318 e. The second-order valence-electron chi connectivity index (χ2n) is 11.4. The molecule has 200 valence electrons. The first kappa shape index (κ1) is 28.1. The van der Waals surface area contributed by atoms with Crippen LogP contribution in [0, 0.1) is 12.8 Å². The van der Waals surface area contributed by atoms with Crippen molar-refractivity contribution < 1.29 is 9.59 Å². The Morgan fingerprint density at radius 3 is 2.14 bits per heavy atom. The molecule has 6 heteroatoms. The maximum atomic E-state index is 13.6. The third kappa shape index (κ3) is 8.28. The Kier molecular flexibility index (Phi) is 10.7. The number of anilines is 1. The number of carbonyl (C=O) groups excluding carboxylic acids is 2. The number of nitrogens with one attached hydrogen (secondary N) is 1. The largest absolute Gasteiger partial charge is 0.365 e. The Morgan fingerprint density at radius 2 is 1.58 bits per heavy atom. The molecule has 0 radical (unpaired) electrons. The average molecular weight is 497 g/mol. The molecule has 2 aliphatic heterocycles. The first-order chi connectivity index (χ1) is 17.2. The molecule has 1 aromatic carbocycles. The monoisotopic (exact) mass is 496 g/mol. The van der Waals surface area contributed by atoms with Gasteiger partial charge in [-0.1, -0.05) is 56.0 Å². The van der Waals surface area contributed by atoms with Crippen LogP contribution in [0.3, 0.4) is 0 Å². The van der Waals surface area contributed by atoms with Gasteiger partial charge >= 0.3 is 6.03 Å². The summed E-state index contributed by atoms with van der Waals surface area (Å²) in [7, 11) is 0. The van der Waals surface area contributed by atoms with Gasteiger partial charge in [-0.05, 0) is 70.9 Å². The molecule has 0 unspecified atom stereocenters. The van der Waals surface area contributed by atoms with Crippen molar-refractivity contribution in [1.29, 1.82) is 0 Å². The number of nitrogens with zero attached hydrogens (tertiary/aromatic N) is 3. The first-order valence-corrected chi connectivity index (χ1v) is 14.1. The van der Waals surface area contributed by atoms with E-state index in [1.54, 1.807) is 0 Å². The SMILES string of the molecule is CC(C)=CCN(c1ccc(C)cc1)C1CCN(C(=O)[C@H](CC(C)C)NC(=O)N2CCCCCC2)CC1. The third-order valence-corrected chi connectivity index (χ3v) is 7.47. The summed E-state index contributed by atoms with van der Waals surface area (Å²) in [4.78, 5) is 33.0. The highest BCUT2D eigenvalue weighted by atomic mass is 16.2. The molecule has 0 aromatic heterocycles. The Morgan fingerprint density at radius 1 is 0.972 bits per heavy atom. The molecule has 6 nitrogen and oxygen atoms in total. The standard InChI is InChI=1S/C30H48N4O2/c1-23(2)14-21-34(26-12-10-25(5)11-13-26)27-15-19-32(20-16-27)29(35)28(22-24(3)4)31-30(36)33-17-8-6-7-9-18-33/h10-14,24,27-28H,6-9,15-22H2,1-5H3,(H,31,36)/t28-/m0/s1. The zero-order valence-electron chi connectivity index (χ0n) is 23.3. The van der Waals surface area contributed by atoms with E-state index in [9.17, 15) is 9.59 Å². The van der Waals surface area contributed by atoms with E-state index >= 15 is 0 Å². The van der Waals surface area contributed by atoms with Gasteiger partial charge in [0, 0.05) is 44.5 Å². The minimum atomic E-state index is -0.448. The normalized spacial score (nSPS) is 17.9. The molecule has 1 N–H and O–H groups in total. The van der Waals surface area contributed by atoms with E-state index in [-0.39, 0.29) is 11.9 Å². The highest BCUT2D eigenvalue weighted by Gasteiger charge is 2.32. The van der Waals surface area contributed by atoms with Crippen LogP contribution in [0.4, 0.5) is 10.5 Å². The summed E-state index contributed by atoms with van der Waals surface area (Å²) in [5.74, 6) is 0.415. The molecule has 2 heterocycles. The van der Waals surface area contributed by atoms with Crippen molar-refractivity contribution in [2.75, 3.05) is 37.6 Å². The first-order valence-electron chi connectivity index (χ1n) is 14.1. The van der Waals surface area contributed by atoms with Crippen LogP contribution in [0.5, 0.6) is 0 Å². The lowest BCUT2D eigenvalue weighted by Gasteiger charge is -2.40. The molecule has 1 atom stereocenters.